The van der Waals surface area contributed by atoms with Crippen molar-refractivity contribution in [3.05, 3.63) is 19.8 Å². The molecule has 1 nitrogen and oxygen atoms in total. The number of halogens is 1. The van der Waals surface area contributed by atoms with E-state index in [9.17, 15) is 4.79 Å². The Hall–Kier alpha value is -0.150. The second-order valence-electron chi connectivity index (χ2n) is 3.80. The van der Waals surface area contributed by atoms with E-state index in [1.165, 1.54) is 19.8 Å². The van der Waals surface area contributed by atoms with Gasteiger partial charge in [0.1, 0.15) is 5.78 Å². The summed E-state index contributed by atoms with van der Waals surface area (Å²) in [5.74, 6) is 0.403. The zero-order chi connectivity index (χ0) is 10.1. The Morgan fingerprint density at radius 2 is 2.00 bits per heavy atom. The molecule has 0 radical (unpaired) electrons. The predicted molar refractivity (Wildman–Crippen MR) is 63.0 cm³/mol. The minimum atomic E-state index is 0.403. The highest BCUT2D eigenvalue weighted by atomic mass is 79.9. The van der Waals surface area contributed by atoms with Gasteiger partial charge in [-0.2, -0.15) is 0 Å². The molecule has 0 aromatic carbocycles. The van der Waals surface area contributed by atoms with Crippen molar-refractivity contribution in [3.8, 4) is 0 Å². The average molecular weight is 273 g/mol. The van der Waals surface area contributed by atoms with Crippen molar-refractivity contribution in [1.29, 1.82) is 0 Å². The minimum Gasteiger partial charge on any atom is -0.299 e. The topological polar surface area (TPSA) is 17.1 Å². The van der Waals surface area contributed by atoms with Crippen LogP contribution in [0.4, 0.5) is 0 Å². The molecular weight excluding hydrogens is 260 g/mol. The van der Waals surface area contributed by atoms with E-state index in [1.54, 1.807) is 11.3 Å². The van der Waals surface area contributed by atoms with Crippen LogP contribution in [0.1, 0.15) is 34.6 Å². The first kappa shape index (κ1) is 10.4. The van der Waals surface area contributed by atoms with E-state index < -0.39 is 0 Å². The van der Waals surface area contributed by atoms with Gasteiger partial charge in [0.25, 0.3) is 0 Å². The Morgan fingerprint density at radius 1 is 1.29 bits per heavy atom. The van der Waals surface area contributed by atoms with Crippen molar-refractivity contribution >= 4 is 33.0 Å². The maximum absolute atomic E-state index is 11.5. The molecule has 3 heteroatoms. The molecule has 0 aliphatic heterocycles. The van der Waals surface area contributed by atoms with Crippen LogP contribution in [0.2, 0.25) is 0 Å². The molecule has 0 saturated carbocycles. The third-order valence-electron chi connectivity index (χ3n) is 2.68. The van der Waals surface area contributed by atoms with Crippen LogP contribution in [0, 0.1) is 6.92 Å². The zero-order valence-electron chi connectivity index (χ0n) is 8.23. The van der Waals surface area contributed by atoms with Crippen molar-refractivity contribution < 1.29 is 4.79 Å². The van der Waals surface area contributed by atoms with Gasteiger partial charge in [0, 0.05) is 27.1 Å². The minimum absolute atomic E-state index is 0.403. The second-order valence-corrected chi connectivity index (χ2v) is 5.90. The lowest BCUT2D eigenvalue weighted by Gasteiger charge is -2.08. The standard InChI is InChI=1S/C11H13BrOS/c1-7-11(12)9-5-3-2-4-8(13)6-10(9)14-7/h2-6H2,1H3. The van der Waals surface area contributed by atoms with E-state index in [0.29, 0.717) is 12.2 Å². The number of hydrogen-bond acceptors (Lipinski definition) is 2. The number of aryl methyl sites for hydroxylation is 1. The summed E-state index contributed by atoms with van der Waals surface area (Å²) in [5.41, 5.74) is 1.39. The summed E-state index contributed by atoms with van der Waals surface area (Å²) in [5, 5.41) is 0. The van der Waals surface area contributed by atoms with E-state index in [2.05, 4.69) is 22.9 Å². The highest BCUT2D eigenvalue weighted by molar-refractivity contribution is 9.10. The normalized spacial score (nSPS) is 17.4. The summed E-state index contributed by atoms with van der Waals surface area (Å²) in [6, 6.07) is 0. The number of thiophene rings is 1. The molecule has 0 N–H and O–H groups in total. The number of hydrogen-bond donors (Lipinski definition) is 0. The van der Waals surface area contributed by atoms with Crippen molar-refractivity contribution in [2.24, 2.45) is 0 Å². The quantitative estimate of drug-likeness (QED) is 0.705. The van der Waals surface area contributed by atoms with Crippen LogP contribution in [0.15, 0.2) is 4.47 Å². The Kier molecular flexibility index (Phi) is 3.07. The molecule has 0 amide bonds. The first-order chi connectivity index (χ1) is 6.68. The van der Waals surface area contributed by atoms with Gasteiger partial charge in [0.2, 0.25) is 0 Å². The highest BCUT2D eigenvalue weighted by Gasteiger charge is 2.18. The fourth-order valence-corrected chi connectivity index (χ4v) is 3.86. The lowest BCUT2D eigenvalue weighted by atomic mass is 9.99. The summed E-state index contributed by atoms with van der Waals surface area (Å²) >= 11 is 5.39. The van der Waals surface area contributed by atoms with Crippen LogP contribution in [-0.2, 0) is 17.6 Å². The summed E-state index contributed by atoms with van der Waals surface area (Å²) in [6.07, 6.45) is 4.76. The van der Waals surface area contributed by atoms with Gasteiger partial charge in [0.05, 0.1) is 0 Å². The van der Waals surface area contributed by atoms with E-state index in [0.717, 1.165) is 25.7 Å². The molecule has 0 spiro atoms. The molecule has 1 aliphatic carbocycles. The lowest BCUT2D eigenvalue weighted by molar-refractivity contribution is -0.118. The molecule has 14 heavy (non-hydrogen) atoms. The van der Waals surface area contributed by atoms with Gasteiger partial charge in [0.15, 0.2) is 0 Å². The number of carbonyl (C=O) groups is 1. The summed E-state index contributed by atoms with van der Waals surface area (Å²) in [6.45, 7) is 2.12. The van der Waals surface area contributed by atoms with Crippen LogP contribution < -0.4 is 0 Å². The van der Waals surface area contributed by atoms with Crippen LogP contribution in [-0.4, -0.2) is 5.78 Å². The lowest BCUT2D eigenvalue weighted by Crippen LogP contribution is -2.06. The molecule has 0 atom stereocenters. The van der Waals surface area contributed by atoms with E-state index in [-0.39, 0.29) is 0 Å². The number of fused-ring (bicyclic) bond motifs is 1. The summed E-state index contributed by atoms with van der Waals surface area (Å²) in [7, 11) is 0. The summed E-state index contributed by atoms with van der Waals surface area (Å²) < 4.78 is 1.24. The SMILES string of the molecule is Cc1sc2c(c1Br)CCCCC(=O)C2. The van der Waals surface area contributed by atoms with Crippen molar-refractivity contribution in [1.82, 2.24) is 0 Å². The van der Waals surface area contributed by atoms with Gasteiger partial charge in [-0.15, -0.1) is 11.3 Å². The maximum Gasteiger partial charge on any atom is 0.138 e. The van der Waals surface area contributed by atoms with Crippen molar-refractivity contribution in [2.75, 3.05) is 0 Å². The fourth-order valence-electron chi connectivity index (χ4n) is 1.91. The number of ketones is 1. The maximum atomic E-state index is 11.5. The first-order valence-corrected chi connectivity index (χ1v) is 6.58. The molecule has 1 aliphatic rings. The van der Waals surface area contributed by atoms with Gasteiger partial charge in [-0.05, 0) is 47.7 Å². The largest absolute Gasteiger partial charge is 0.299 e. The van der Waals surface area contributed by atoms with Crippen LogP contribution in [0.5, 0.6) is 0 Å². The number of carbonyl (C=O) groups excluding carboxylic acids is 1. The van der Waals surface area contributed by atoms with Gasteiger partial charge < -0.3 is 0 Å². The monoisotopic (exact) mass is 272 g/mol. The Morgan fingerprint density at radius 3 is 2.79 bits per heavy atom. The zero-order valence-corrected chi connectivity index (χ0v) is 10.6. The molecule has 1 aromatic heterocycles. The Labute approximate surface area is 96.6 Å². The molecular formula is C11H13BrOS. The second kappa shape index (κ2) is 4.15. The average Bonchev–Trinajstić information content (AvgIpc) is 2.35. The molecule has 0 saturated heterocycles. The molecule has 0 bridgehead atoms. The molecule has 0 fully saturated rings. The molecule has 0 unspecified atom stereocenters. The third-order valence-corrected chi connectivity index (χ3v) is 5.16. The van der Waals surface area contributed by atoms with Crippen molar-refractivity contribution in [2.45, 2.75) is 39.0 Å². The van der Waals surface area contributed by atoms with E-state index >= 15 is 0 Å². The first-order valence-electron chi connectivity index (χ1n) is 4.97. The number of Topliss-reactive ketones (excluding diaryl/α,β-unsaturated/α-hetero) is 1. The molecule has 2 rings (SSSR count). The van der Waals surface area contributed by atoms with Gasteiger partial charge in [-0.3, -0.25) is 4.79 Å². The number of rotatable bonds is 0. The smallest absolute Gasteiger partial charge is 0.138 e. The van der Waals surface area contributed by atoms with Gasteiger partial charge in [-0.1, -0.05) is 0 Å². The van der Waals surface area contributed by atoms with Crippen LogP contribution >= 0.6 is 27.3 Å². The third kappa shape index (κ3) is 1.94. The molecule has 1 heterocycles. The highest BCUT2D eigenvalue weighted by Crippen LogP contribution is 2.35. The van der Waals surface area contributed by atoms with Gasteiger partial charge >= 0.3 is 0 Å². The molecule has 76 valence electrons. The van der Waals surface area contributed by atoms with E-state index in [4.69, 9.17) is 0 Å². The van der Waals surface area contributed by atoms with Gasteiger partial charge in [-0.25, -0.2) is 0 Å². The fraction of sp³-hybridized carbons (Fsp3) is 0.545. The van der Waals surface area contributed by atoms with Crippen LogP contribution in [0.25, 0.3) is 0 Å². The Bertz CT molecular complexity index is 368. The van der Waals surface area contributed by atoms with E-state index in [1.807, 2.05) is 0 Å². The predicted octanol–water partition coefficient (Wildman–Crippen LogP) is 3.66. The van der Waals surface area contributed by atoms with Crippen molar-refractivity contribution in [3.63, 3.8) is 0 Å². The molecule has 1 aromatic rings. The Balaban J connectivity index is 2.39. The van der Waals surface area contributed by atoms with Crippen LogP contribution in [0.3, 0.4) is 0 Å². The summed E-state index contributed by atoms with van der Waals surface area (Å²) in [4.78, 5) is 14.1.